The maximum Gasteiger partial charge on any atom is 0.410 e. The van der Waals surface area contributed by atoms with Crippen LogP contribution in [0.4, 0.5) is 21.1 Å². The van der Waals surface area contributed by atoms with Gasteiger partial charge in [-0.3, -0.25) is 4.79 Å². The number of aromatic nitrogens is 1. The van der Waals surface area contributed by atoms with Gasteiger partial charge in [0.1, 0.15) is 5.82 Å². The Morgan fingerprint density at radius 2 is 1.76 bits per heavy atom. The molecule has 0 bridgehead atoms. The molecule has 4 heterocycles. The van der Waals surface area contributed by atoms with Gasteiger partial charge in [-0.1, -0.05) is 24.3 Å². The number of pyridine rings is 1. The predicted molar refractivity (Wildman–Crippen MR) is 161 cm³/mol. The van der Waals surface area contributed by atoms with E-state index in [1.54, 1.807) is 11.1 Å². The normalized spacial score (nSPS) is 19.2. The lowest BCUT2D eigenvalue weighted by Crippen LogP contribution is -2.52. The predicted octanol–water partition coefficient (Wildman–Crippen LogP) is 3.13. The number of benzene rings is 1. The number of carbonyl (C=O) groups is 3. The van der Waals surface area contributed by atoms with Gasteiger partial charge in [-0.15, -0.1) is 0 Å². The molecule has 11 nitrogen and oxygen atoms in total. The Hall–Kier alpha value is -3.86. The molecule has 0 unspecified atom stereocenters. The summed E-state index contributed by atoms with van der Waals surface area (Å²) in [5.41, 5.74) is 9.51. The molecule has 0 radical (unpaired) electrons. The summed E-state index contributed by atoms with van der Waals surface area (Å²) >= 11 is 0. The standard InChI is InChI=1S/C31H43N7O4/c1-21-18-22(20-33-28(21)32)19-27(29(39)36-13-9-24(10-14-36)35(2)3)42-31(41)37-15-11-25(12-16-37)38-17-8-23-6-4-5-7-26(23)34-30(38)40/h4-7,18,20,24-25,27H,8-17,19H2,1-3H3,(H2,32,33)(H,34,40)/t27-/m1/s1. The summed E-state index contributed by atoms with van der Waals surface area (Å²) in [5.74, 6) is 0.264. The van der Waals surface area contributed by atoms with Crippen molar-refractivity contribution < 1.29 is 19.1 Å². The van der Waals surface area contributed by atoms with E-state index in [9.17, 15) is 14.4 Å². The second-order valence-corrected chi connectivity index (χ2v) is 11.9. The maximum atomic E-state index is 13.7. The molecule has 1 aromatic carbocycles. The number of rotatable bonds is 6. The van der Waals surface area contributed by atoms with Crippen LogP contribution in [-0.4, -0.2) is 108 Å². The zero-order valence-electron chi connectivity index (χ0n) is 24.9. The van der Waals surface area contributed by atoms with Crippen LogP contribution < -0.4 is 11.1 Å². The summed E-state index contributed by atoms with van der Waals surface area (Å²) in [4.78, 5) is 51.9. The van der Waals surface area contributed by atoms with Gasteiger partial charge in [0, 0.05) is 63.1 Å². The Kier molecular flexibility index (Phi) is 9.15. The number of piperidine rings is 2. The van der Waals surface area contributed by atoms with Gasteiger partial charge in [-0.05, 0) is 75.9 Å². The maximum absolute atomic E-state index is 13.7. The Morgan fingerprint density at radius 1 is 1.07 bits per heavy atom. The molecule has 3 aliphatic rings. The highest BCUT2D eigenvalue weighted by molar-refractivity contribution is 5.91. The number of hydrogen-bond donors (Lipinski definition) is 2. The van der Waals surface area contributed by atoms with E-state index in [-0.39, 0.29) is 24.4 Å². The molecular formula is C31H43N7O4. The lowest BCUT2D eigenvalue weighted by Gasteiger charge is -2.38. The topological polar surface area (TPSA) is 124 Å². The summed E-state index contributed by atoms with van der Waals surface area (Å²) in [6.45, 7) is 4.67. The lowest BCUT2D eigenvalue weighted by molar-refractivity contribution is -0.142. The Morgan fingerprint density at radius 3 is 2.45 bits per heavy atom. The largest absolute Gasteiger partial charge is 0.436 e. The van der Waals surface area contributed by atoms with Gasteiger partial charge in [0.15, 0.2) is 6.10 Å². The van der Waals surface area contributed by atoms with Crippen LogP contribution in [0.25, 0.3) is 0 Å². The molecular weight excluding hydrogens is 534 g/mol. The molecule has 3 N–H and O–H groups in total. The Bertz CT molecular complexity index is 1290. The van der Waals surface area contributed by atoms with Gasteiger partial charge in [0.25, 0.3) is 5.91 Å². The number of hydrogen-bond acceptors (Lipinski definition) is 7. The summed E-state index contributed by atoms with van der Waals surface area (Å²) in [6.07, 6.45) is 4.27. The number of nitrogens with one attached hydrogen (secondary N) is 1. The monoisotopic (exact) mass is 577 g/mol. The Balaban J connectivity index is 1.21. The summed E-state index contributed by atoms with van der Waals surface area (Å²) in [6, 6.07) is 10.1. The average molecular weight is 578 g/mol. The van der Waals surface area contributed by atoms with E-state index in [2.05, 4.69) is 29.3 Å². The fourth-order valence-electron chi connectivity index (χ4n) is 6.25. The van der Waals surface area contributed by atoms with Gasteiger partial charge in [-0.25, -0.2) is 14.6 Å². The van der Waals surface area contributed by atoms with Crippen LogP contribution in [0.15, 0.2) is 36.5 Å². The van der Waals surface area contributed by atoms with Crippen molar-refractivity contribution in [2.24, 2.45) is 0 Å². The minimum absolute atomic E-state index is 0.0302. The highest BCUT2D eigenvalue weighted by Gasteiger charge is 2.35. The van der Waals surface area contributed by atoms with Crippen LogP contribution in [0.3, 0.4) is 0 Å². The smallest absolute Gasteiger partial charge is 0.410 e. The number of urea groups is 1. The van der Waals surface area contributed by atoms with E-state index in [4.69, 9.17) is 10.5 Å². The zero-order chi connectivity index (χ0) is 29.8. The molecule has 42 heavy (non-hydrogen) atoms. The third-order valence-corrected chi connectivity index (χ3v) is 8.93. The zero-order valence-corrected chi connectivity index (χ0v) is 24.9. The molecule has 5 rings (SSSR count). The van der Waals surface area contributed by atoms with Crippen LogP contribution in [0.2, 0.25) is 0 Å². The van der Waals surface area contributed by atoms with Crippen molar-refractivity contribution in [3.05, 3.63) is 53.2 Å². The molecule has 0 aliphatic carbocycles. The number of fused-ring (bicyclic) bond motifs is 1. The first-order chi connectivity index (χ1) is 20.2. The van der Waals surface area contributed by atoms with E-state index in [1.165, 1.54) is 0 Å². The lowest BCUT2D eigenvalue weighted by atomic mass is 10.0. The number of aryl methyl sites for hydroxylation is 1. The number of amides is 4. The molecule has 0 spiro atoms. The summed E-state index contributed by atoms with van der Waals surface area (Å²) in [7, 11) is 4.12. The SMILES string of the molecule is Cc1cc(C[C@@H](OC(=O)N2CCC(N3CCc4ccccc4NC3=O)CC2)C(=O)N2CCC(N(C)C)CC2)cnc1N. The van der Waals surface area contributed by atoms with Crippen LogP contribution >= 0.6 is 0 Å². The average Bonchev–Trinajstić information content (AvgIpc) is 3.16. The number of carbonyl (C=O) groups excluding carboxylic acids is 3. The van der Waals surface area contributed by atoms with Gasteiger partial charge < -0.3 is 35.4 Å². The van der Waals surface area contributed by atoms with Crippen LogP contribution in [-0.2, 0) is 22.4 Å². The van der Waals surface area contributed by atoms with Crippen molar-refractivity contribution in [3.63, 3.8) is 0 Å². The van der Waals surface area contributed by atoms with Gasteiger partial charge in [0.05, 0.1) is 0 Å². The van der Waals surface area contributed by atoms with E-state index in [1.807, 2.05) is 47.1 Å². The van der Waals surface area contributed by atoms with Crippen LogP contribution in [0, 0.1) is 6.92 Å². The van der Waals surface area contributed by atoms with Crippen molar-refractivity contribution >= 4 is 29.5 Å². The molecule has 226 valence electrons. The van der Waals surface area contributed by atoms with Crippen molar-refractivity contribution in [3.8, 4) is 0 Å². The molecule has 0 saturated carbocycles. The van der Waals surface area contributed by atoms with Crippen molar-refractivity contribution in [1.29, 1.82) is 0 Å². The first-order valence-corrected chi connectivity index (χ1v) is 15.0. The molecule has 11 heteroatoms. The van der Waals surface area contributed by atoms with E-state index < -0.39 is 12.2 Å². The highest BCUT2D eigenvalue weighted by Crippen LogP contribution is 2.25. The second-order valence-electron chi connectivity index (χ2n) is 11.9. The molecule has 1 atom stereocenters. The highest BCUT2D eigenvalue weighted by atomic mass is 16.6. The number of ether oxygens (including phenoxy) is 1. The molecule has 3 aliphatic heterocycles. The fourth-order valence-corrected chi connectivity index (χ4v) is 6.25. The fraction of sp³-hybridized carbons (Fsp3) is 0.548. The molecule has 2 aromatic rings. The molecule has 1 aromatic heterocycles. The quantitative estimate of drug-likeness (QED) is 0.541. The van der Waals surface area contributed by atoms with Crippen molar-refractivity contribution in [1.82, 2.24) is 24.6 Å². The third-order valence-electron chi connectivity index (χ3n) is 8.93. The number of likely N-dealkylation sites (tertiary alicyclic amines) is 2. The number of para-hydroxylation sites is 1. The van der Waals surface area contributed by atoms with Crippen molar-refractivity contribution in [2.75, 3.05) is 57.9 Å². The van der Waals surface area contributed by atoms with Gasteiger partial charge >= 0.3 is 12.1 Å². The minimum Gasteiger partial charge on any atom is -0.436 e. The van der Waals surface area contributed by atoms with E-state index >= 15 is 0 Å². The Labute approximate surface area is 248 Å². The van der Waals surface area contributed by atoms with Crippen LogP contribution in [0.5, 0.6) is 0 Å². The number of nitrogen functional groups attached to an aromatic ring is 1. The molecule has 2 fully saturated rings. The first kappa shape index (κ1) is 29.6. The minimum atomic E-state index is -0.953. The summed E-state index contributed by atoms with van der Waals surface area (Å²) < 4.78 is 5.95. The van der Waals surface area contributed by atoms with E-state index in [0.29, 0.717) is 57.4 Å². The van der Waals surface area contributed by atoms with Crippen molar-refractivity contribution in [2.45, 2.75) is 63.6 Å². The molecule has 4 amide bonds. The number of nitrogens with zero attached hydrogens (tertiary/aromatic N) is 5. The van der Waals surface area contributed by atoms with Gasteiger partial charge in [-0.2, -0.15) is 0 Å². The number of nitrogens with two attached hydrogens (primary N) is 1. The van der Waals surface area contributed by atoms with Crippen LogP contribution in [0.1, 0.15) is 42.4 Å². The second kappa shape index (κ2) is 13.0. The summed E-state index contributed by atoms with van der Waals surface area (Å²) in [5, 5.41) is 3.04. The first-order valence-electron chi connectivity index (χ1n) is 15.0. The van der Waals surface area contributed by atoms with E-state index in [0.717, 1.165) is 41.6 Å². The third kappa shape index (κ3) is 6.78. The number of anilines is 2. The molecule has 2 saturated heterocycles. The van der Waals surface area contributed by atoms with Gasteiger partial charge in [0.2, 0.25) is 0 Å².